The van der Waals surface area contributed by atoms with E-state index in [0.29, 0.717) is 12.6 Å². The smallest absolute Gasteiger partial charge is 0.126 e. The van der Waals surface area contributed by atoms with Crippen LogP contribution in [0.15, 0.2) is 30.7 Å². The summed E-state index contributed by atoms with van der Waals surface area (Å²) < 4.78 is 11.2. The van der Waals surface area contributed by atoms with Crippen molar-refractivity contribution in [2.45, 2.75) is 24.9 Å². The second-order valence-electron chi connectivity index (χ2n) is 6.10. The minimum absolute atomic E-state index is 0.192. The highest BCUT2D eigenvalue weighted by atomic mass is 16.5. The second-order valence-corrected chi connectivity index (χ2v) is 6.10. The number of nitrogens with one attached hydrogen (secondary N) is 1. The molecule has 23 heavy (non-hydrogen) atoms. The van der Waals surface area contributed by atoms with Crippen molar-refractivity contribution in [2.75, 3.05) is 33.0 Å². The van der Waals surface area contributed by atoms with Gasteiger partial charge in [-0.2, -0.15) is 0 Å². The summed E-state index contributed by atoms with van der Waals surface area (Å²) >= 11 is 0. The fraction of sp³-hybridized carbons (Fsp3) is 0.529. The number of hydrogen-bond acceptors (Lipinski definition) is 5. The van der Waals surface area contributed by atoms with Crippen molar-refractivity contribution in [3.63, 3.8) is 0 Å². The van der Waals surface area contributed by atoms with Gasteiger partial charge in [-0.1, -0.05) is 0 Å². The molecule has 4 heterocycles. The number of rotatable bonds is 3. The molecule has 1 N–H and O–H groups in total. The van der Waals surface area contributed by atoms with E-state index in [9.17, 15) is 0 Å². The molecule has 2 aromatic rings. The third kappa shape index (κ3) is 3.15. The van der Waals surface area contributed by atoms with E-state index in [2.05, 4.69) is 19.9 Å². The molecule has 2 aliphatic heterocycles. The van der Waals surface area contributed by atoms with Crippen LogP contribution in [-0.2, 0) is 9.47 Å². The maximum Gasteiger partial charge on any atom is 0.126 e. The molecule has 2 fully saturated rings. The molecule has 0 unspecified atom stereocenters. The predicted octanol–water partition coefficient (Wildman–Crippen LogP) is 2.02. The zero-order valence-corrected chi connectivity index (χ0v) is 13.1. The molecular weight excluding hydrogens is 292 g/mol. The average molecular weight is 314 g/mol. The van der Waals surface area contributed by atoms with E-state index >= 15 is 0 Å². The van der Waals surface area contributed by atoms with Crippen LogP contribution in [0, 0.1) is 0 Å². The minimum Gasteiger partial charge on any atom is -0.381 e. The molecule has 6 heteroatoms. The second kappa shape index (κ2) is 6.78. The highest BCUT2D eigenvalue weighted by molar-refractivity contribution is 5.56. The Balaban J connectivity index is 1.56. The maximum atomic E-state index is 5.73. The van der Waals surface area contributed by atoms with Gasteiger partial charge in [-0.3, -0.25) is 9.88 Å². The lowest BCUT2D eigenvalue weighted by atomic mass is 10.0. The van der Waals surface area contributed by atoms with Gasteiger partial charge in [0.05, 0.1) is 31.1 Å². The van der Waals surface area contributed by atoms with Crippen LogP contribution in [0.5, 0.6) is 0 Å². The third-order valence-corrected chi connectivity index (χ3v) is 4.71. The fourth-order valence-electron chi connectivity index (χ4n) is 3.48. The van der Waals surface area contributed by atoms with E-state index in [1.165, 1.54) is 0 Å². The van der Waals surface area contributed by atoms with Gasteiger partial charge in [-0.15, -0.1) is 0 Å². The van der Waals surface area contributed by atoms with Crippen LogP contribution in [0.2, 0.25) is 0 Å². The Kier molecular flexibility index (Phi) is 4.37. The van der Waals surface area contributed by atoms with Crippen LogP contribution in [0.4, 0.5) is 0 Å². The monoisotopic (exact) mass is 314 g/mol. The van der Waals surface area contributed by atoms with Crippen molar-refractivity contribution >= 4 is 0 Å². The Bertz CT molecular complexity index is 625. The molecule has 0 amide bonds. The Hall–Kier alpha value is -1.76. The van der Waals surface area contributed by atoms with E-state index in [1.54, 1.807) is 6.20 Å². The minimum atomic E-state index is 0.192. The Morgan fingerprint density at radius 2 is 2.04 bits per heavy atom. The van der Waals surface area contributed by atoms with Gasteiger partial charge in [-0.05, 0) is 25.0 Å². The summed E-state index contributed by atoms with van der Waals surface area (Å²) in [6.07, 6.45) is 7.70. The van der Waals surface area contributed by atoms with Gasteiger partial charge in [0.2, 0.25) is 0 Å². The molecular formula is C17H22N4O2. The lowest BCUT2D eigenvalue weighted by molar-refractivity contribution is -0.0589. The van der Waals surface area contributed by atoms with Crippen molar-refractivity contribution in [1.29, 1.82) is 0 Å². The molecule has 2 aromatic heterocycles. The first-order chi connectivity index (χ1) is 11.4. The van der Waals surface area contributed by atoms with Crippen LogP contribution >= 0.6 is 0 Å². The van der Waals surface area contributed by atoms with Crippen molar-refractivity contribution in [2.24, 2.45) is 0 Å². The number of hydrogen-bond donors (Lipinski definition) is 1. The van der Waals surface area contributed by atoms with Gasteiger partial charge in [0.15, 0.2) is 0 Å². The molecule has 0 aromatic carbocycles. The fourth-order valence-corrected chi connectivity index (χ4v) is 3.48. The zero-order valence-electron chi connectivity index (χ0n) is 13.1. The molecule has 0 bridgehead atoms. The van der Waals surface area contributed by atoms with Crippen LogP contribution in [0.1, 0.15) is 24.7 Å². The molecule has 122 valence electrons. The molecule has 6 nitrogen and oxygen atoms in total. The van der Waals surface area contributed by atoms with E-state index in [4.69, 9.17) is 9.47 Å². The van der Waals surface area contributed by atoms with E-state index in [0.717, 1.165) is 56.3 Å². The number of H-pyrrole nitrogens is 1. The largest absolute Gasteiger partial charge is 0.381 e. The molecule has 2 aliphatic rings. The molecule has 0 spiro atoms. The first kappa shape index (κ1) is 14.8. The zero-order chi connectivity index (χ0) is 15.5. The summed E-state index contributed by atoms with van der Waals surface area (Å²) in [5.74, 6) is 0.982. The number of nitrogens with zero attached hydrogens (tertiary/aromatic N) is 3. The molecule has 2 saturated heterocycles. The highest BCUT2D eigenvalue weighted by Crippen LogP contribution is 2.29. The standard InChI is InChI=1S/C17H22N4O2/c1-2-13(10-18-5-1)15-11-19-17(20-15)16-12-23-9-6-21(16)14-3-7-22-8-4-14/h1-2,5,10-11,14,16H,3-4,6-9,12H2,(H,19,20)/t16-/m0/s1. The lowest BCUT2D eigenvalue weighted by Crippen LogP contribution is -2.48. The summed E-state index contributed by atoms with van der Waals surface area (Å²) in [6.45, 7) is 4.15. The van der Waals surface area contributed by atoms with Gasteiger partial charge in [-0.25, -0.2) is 4.98 Å². The molecule has 0 aliphatic carbocycles. The van der Waals surface area contributed by atoms with E-state index in [1.807, 2.05) is 24.5 Å². The van der Waals surface area contributed by atoms with Crippen LogP contribution in [-0.4, -0.2) is 58.9 Å². The van der Waals surface area contributed by atoms with Gasteiger partial charge in [0, 0.05) is 43.8 Å². The summed E-state index contributed by atoms with van der Waals surface area (Å²) in [4.78, 5) is 14.8. The van der Waals surface area contributed by atoms with Crippen molar-refractivity contribution in [1.82, 2.24) is 19.9 Å². The van der Waals surface area contributed by atoms with Crippen LogP contribution in [0.3, 0.4) is 0 Å². The lowest BCUT2D eigenvalue weighted by Gasteiger charge is -2.41. The number of aromatic amines is 1. The maximum absolute atomic E-state index is 5.73. The molecule has 1 atom stereocenters. The molecule has 4 rings (SSSR count). The summed E-state index contributed by atoms with van der Waals surface area (Å²) in [5, 5.41) is 0. The first-order valence-electron chi connectivity index (χ1n) is 8.28. The van der Waals surface area contributed by atoms with Crippen molar-refractivity contribution in [3.8, 4) is 11.3 Å². The Labute approximate surface area is 135 Å². The normalized spacial score (nSPS) is 23.9. The van der Waals surface area contributed by atoms with Gasteiger partial charge >= 0.3 is 0 Å². The molecule has 0 saturated carbocycles. The number of imidazole rings is 1. The van der Waals surface area contributed by atoms with Gasteiger partial charge in [0.1, 0.15) is 5.82 Å². The van der Waals surface area contributed by atoms with E-state index < -0.39 is 0 Å². The average Bonchev–Trinajstić information content (AvgIpc) is 3.13. The number of morpholine rings is 1. The number of aromatic nitrogens is 3. The number of ether oxygens (including phenoxy) is 2. The van der Waals surface area contributed by atoms with Crippen molar-refractivity contribution in [3.05, 3.63) is 36.5 Å². The van der Waals surface area contributed by atoms with Crippen LogP contribution < -0.4 is 0 Å². The summed E-state index contributed by atoms with van der Waals surface area (Å²) in [7, 11) is 0. The highest BCUT2D eigenvalue weighted by Gasteiger charge is 2.33. The summed E-state index contributed by atoms with van der Waals surface area (Å²) in [5.41, 5.74) is 2.06. The van der Waals surface area contributed by atoms with Crippen molar-refractivity contribution < 1.29 is 9.47 Å². The first-order valence-corrected chi connectivity index (χ1v) is 8.28. The quantitative estimate of drug-likeness (QED) is 0.939. The van der Waals surface area contributed by atoms with Gasteiger partial charge < -0.3 is 14.5 Å². The Morgan fingerprint density at radius 1 is 1.13 bits per heavy atom. The third-order valence-electron chi connectivity index (χ3n) is 4.71. The summed E-state index contributed by atoms with van der Waals surface area (Å²) in [6, 6.07) is 4.73. The predicted molar refractivity (Wildman–Crippen MR) is 85.9 cm³/mol. The van der Waals surface area contributed by atoms with Crippen LogP contribution in [0.25, 0.3) is 11.3 Å². The number of pyridine rings is 1. The van der Waals surface area contributed by atoms with Gasteiger partial charge in [0.25, 0.3) is 0 Å². The SMILES string of the molecule is c1cncc(-c2cnc([C@@H]3COCCN3C3CCOCC3)[nH]2)c1. The topological polar surface area (TPSA) is 63.3 Å². The Morgan fingerprint density at radius 3 is 2.87 bits per heavy atom. The van der Waals surface area contributed by atoms with E-state index in [-0.39, 0.29) is 6.04 Å². The molecule has 0 radical (unpaired) electrons.